The van der Waals surface area contributed by atoms with Gasteiger partial charge in [-0.15, -0.1) is 0 Å². The zero-order valence-corrected chi connectivity index (χ0v) is 22.5. The number of aromatic nitrogens is 4. The van der Waals surface area contributed by atoms with Crippen molar-refractivity contribution in [2.24, 2.45) is 5.73 Å². The zero-order valence-electron chi connectivity index (χ0n) is 21.7. The van der Waals surface area contributed by atoms with E-state index in [9.17, 15) is 0 Å². The number of rotatable bonds is 8. The second-order valence-corrected chi connectivity index (χ2v) is 10.0. The molecule has 6 rings (SSSR count). The lowest BCUT2D eigenvalue weighted by Gasteiger charge is -2.16. The van der Waals surface area contributed by atoms with Crippen molar-refractivity contribution >= 4 is 28.3 Å². The van der Waals surface area contributed by atoms with E-state index < -0.39 is 0 Å². The Hall–Kier alpha value is -4.65. The van der Waals surface area contributed by atoms with Crippen LogP contribution in [0.5, 0.6) is 0 Å². The minimum Gasteiger partial charge on any atom is -0.368 e. The Morgan fingerprint density at radius 2 is 1.38 bits per heavy atom. The molecule has 6 nitrogen and oxygen atoms in total. The van der Waals surface area contributed by atoms with Crippen LogP contribution in [0.15, 0.2) is 116 Å². The highest BCUT2D eigenvalue weighted by Gasteiger charge is 2.16. The highest BCUT2D eigenvalue weighted by molar-refractivity contribution is 6.30. The van der Waals surface area contributed by atoms with Crippen LogP contribution in [0, 0.1) is 0 Å². The number of anilines is 1. The molecular formula is C33H27ClN6. The Balaban J connectivity index is 1.37. The summed E-state index contributed by atoms with van der Waals surface area (Å²) in [5.74, 6) is 1.32. The van der Waals surface area contributed by atoms with Gasteiger partial charge in [-0.05, 0) is 53.4 Å². The van der Waals surface area contributed by atoms with Gasteiger partial charge in [-0.1, -0.05) is 78.3 Å². The fourth-order valence-corrected chi connectivity index (χ4v) is 4.84. The van der Waals surface area contributed by atoms with Crippen molar-refractivity contribution < 1.29 is 0 Å². The molecule has 0 saturated heterocycles. The van der Waals surface area contributed by atoms with Crippen LogP contribution in [0.1, 0.15) is 5.56 Å². The van der Waals surface area contributed by atoms with Crippen LogP contribution in [0.4, 0.5) is 5.82 Å². The Kier molecular flexibility index (Phi) is 7.44. The van der Waals surface area contributed by atoms with Crippen LogP contribution < -0.4 is 11.1 Å². The average Bonchev–Trinajstić information content (AvgIpc) is 3.01. The normalized spacial score (nSPS) is 11.8. The summed E-state index contributed by atoms with van der Waals surface area (Å²) < 4.78 is 0. The van der Waals surface area contributed by atoms with Crippen LogP contribution in [0.2, 0.25) is 5.02 Å². The van der Waals surface area contributed by atoms with Crippen molar-refractivity contribution in [3.63, 3.8) is 0 Å². The number of nitrogens with two attached hydrogens (primary N) is 1. The van der Waals surface area contributed by atoms with E-state index in [0.29, 0.717) is 12.4 Å². The first kappa shape index (κ1) is 25.6. The van der Waals surface area contributed by atoms with Gasteiger partial charge in [0, 0.05) is 52.7 Å². The van der Waals surface area contributed by atoms with E-state index in [1.807, 2.05) is 60.7 Å². The smallest absolute Gasteiger partial charge is 0.162 e. The van der Waals surface area contributed by atoms with Gasteiger partial charge in [-0.3, -0.25) is 9.97 Å². The molecule has 40 heavy (non-hydrogen) atoms. The largest absolute Gasteiger partial charge is 0.368 e. The van der Waals surface area contributed by atoms with Gasteiger partial charge in [0.15, 0.2) is 5.82 Å². The summed E-state index contributed by atoms with van der Waals surface area (Å²) in [6.45, 7) is 0.560. The highest BCUT2D eigenvalue weighted by atomic mass is 35.5. The molecule has 0 spiro atoms. The minimum atomic E-state index is -0.0847. The summed E-state index contributed by atoms with van der Waals surface area (Å²) in [5, 5.41) is 5.11. The van der Waals surface area contributed by atoms with E-state index in [1.54, 1.807) is 18.6 Å². The maximum atomic E-state index is 6.50. The van der Waals surface area contributed by atoms with Gasteiger partial charge in [0.25, 0.3) is 0 Å². The molecular weight excluding hydrogens is 516 g/mol. The second-order valence-electron chi connectivity index (χ2n) is 9.60. The highest BCUT2D eigenvalue weighted by Crippen LogP contribution is 2.32. The van der Waals surface area contributed by atoms with Crippen LogP contribution in [-0.4, -0.2) is 32.5 Å². The third-order valence-corrected chi connectivity index (χ3v) is 7.01. The van der Waals surface area contributed by atoms with Crippen molar-refractivity contribution in [3.05, 3.63) is 126 Å². The average molecular weight is 543 g/mol. The summed E-state index contributed by atoms with van der Waals surface area (Å²) in [6, 6.07) is 32.1. The van der Waals surface area contributed by atoms with E-state index in [2.05, 4.69) is 46.7 Å². The van der Waals surface area contributed by atoms with Gasteiger partial charge < -0.3 is 11.1 Å². The Morgan fingerprint density at radius 3 is 2.10 bits per heavy atom. The number of nitrogens with one attached hydrogen (secondary N) is 1. The second kappa shape index (κ2) is 11.6. The van der Waals surface area contributed by atoms with Crippen LogP contribution >= 0.6 is 11.6 Å². The molecule has 0 unspecified atom stereocenters. The maximum absolute atomic E-state index is 6.50. The molecule has 0 radical (unpaired) electrons. The van der Waals surface area contributed by atoms with Crippen molar-refractivity contribution in [1.82, 2.24) is 19.9 Å². The number of pyridine rings is 2. The van der Waals surface area contributed by atoms with Crippen molar-refractivity contribution in [2.45, 2.75) is 12.5 Å². The summed E-state index contributed by atoms with van der Waals surface area (Å²) in [6.07, 6.45) is 6.05. The standard InChI is InChI=1S/C33H27ClN6/c34-27-12-10-24(11-13-27)23-6-8-25(9-7-23)30-31-29(16-19-37-30)33(40-32(39-31)26-14-17-36-18-15-26)38-21-28(35)20-22-4-2-1-3-5-22/h1-19,28H,20-21,35H2,(H,38,39,40)/t28-/m0/s1. The molecule has 1 atom stereocenters. The molecule has 6 aromatic rings. The molecule has 3 aromatic heterocycles. The molecule has 0 bridgehead atoms. The van der Waals surface area contributed by atoms with Gasteiger partial charge >= 0.3 is 0 Å². The number of benzene rings is 3. The summed E-state index contributed by atoms with van der Waals surface area (Å²) in [7, 11) is 0. The molecule has 3 heterocycles. The lowest BCUT2D eigenvalue weighted by atomic mass is 10.0. The number of nitrogens with zero attached hydrogens (tertiary/aromatic N) is 4. The van der Waals surface area contributed by atoms with Crippen LogP contribution in [0.25, 0.3) is 44.7 Å². The molecule has 0 saturated carbocycles. The first-order valence-corrected chi connectivity index (χ1v) is 13.5. The molecule has 0 fully saturated rings. The molecule has 196 valence electrons. The molecule has 0 aliphatic carbocycles. The van der Waals surface area contributed by atoms with Gasteiger partial charge in [0.2, 0.25) is 0 Å². The van der Waals surface area contributed by atoms with Crippen molar-refractivity contribution in [2.75, 3.05) is 11.9 Å². The Morgan fingerprint density at radius 1 is 0.700 bits per heavy atom. The summed E-state index contributed by atoms with van der Waals surface area (Å²) in [4.78, 5) is 18.8. The van der Waals surface area contributed by atoms with E-state index in [4.69, 9.17) is 32.3 Å². The predicted molar refractivity (Wildman–Crippen MR) is 163 cm³/mol. The van der Waals surface area contributed by atoms with Crippen LogP contribution in [0.3, 0.4) is 0 Å². The minimum absolute atomic E-state index is 0.0847. The van der Waals surface area contributed by atoms with Crippen molar-refractivity contribution in [3.8, 4) is 33.8 Å². The number of halogens is 1. The molecule has 0 amide bonds. The Labute approximate surface area is 238 Å². The first-order valence-electron chi connectivity index (χ1n) is 13.1. The molecule has 3 aromatic carbocycles. The third-order valence-electron chi connectivity index (χ3n) is 6.76. The monoisotopic (exact) mass is 542 g/mol. The first-order chi connectivity index (χ1) is 19.6. The fourth-order valence-electron chi connectivity index (χ4n) is 4.71. The number of hydrogen-bond donors (Lipinski definition) is 2. The summed E-state index contributed by atoms with van der Waals surface area (Å²) >= 11 is 6.07. The molecule has 7 heteroatoms. The summed E-state index contributed by atoms with van der Waals surface area (Å²) in [5.41, 5.74) is 13.3. The quantitative estimate of drug-likeness (QED) is 0.214. The molecule has 0 aliphatic rings. The lowest BCUT2D eigenvalue weighted by Crippen LogP contribution is -2.31. The van der Waals surface area contributed by atoms with Gasteiger partial charge in [-0.25, -0.2) is 9.97 Å². The van der Waals surface area contributed by atoms with E-state index >= 15 is 0 Å². The van der Waals surface area contributed by atoms with Crippen LogP contribution in [-0.2, 0) is 6.42 Å². The fraction of sp³-hybridized carbons (Fsp3) is 0.0909. The number of hydrogen-bond acceptors (Lipinski definition) is 6. The molecule has 0 aliphatic heterocycles. The van der Waals surface area contributed by atoms with Gasteiger partial charge in [0.1, 0.15) is 11.3 Å². The topological polar surface area (TPSA) is 89.6 Å². The Bertz CT molecular complexity index is 1720. The lowest BCUT2D eigenvalue weighted by molar-refractivity contribution is 0.698. The zero-order chi connectivity index (χ0) is 27.3. The van der Waals surface area contributed by atoms with E-state index in [-0.39, 0.29) is 6.04 Å². The van der Waals surface area contributed by atoms with E-state index in [0.717, 1.165) is 56.1 Å². The number of fused-ring (bicyclic) bond motifs is 1. The van der Waals surface area contributed by atoms with Gasteiger partial charge in [0.05, 0.1) is 5.69 Å². The van der Waals surface area contributed by atoms with Crippen molar-refractivity contribution in [1.29, 1.82) is 0 Å². The molecule has 3 N–H and O–H groups in total. The third kappa shape index (κ3) is 5.69. The van der Waals surface area contributed by atoms with E-state index in [1.165, 1.54) is 5.56 Å². The maximum Gasteiger partial charge on any atom is 0.162 e. The predicted octanol–water partition coefficient (Wildman–Crippen LogP) is 7.06. The van der Waals surface area contributed by atoms with Gasteiger partial charge in [-0.2, -0.15) is 0 Å². The SMILES string of the molecule is N[C@H](CNc1nc(-c2ccncc2)nc2c(-c3ccc(-c4ccc(Cl)cc4)cc3)nccc12)Cc1ccccc1.